The van der Waals surface area contributed by atoms with Gasteiger partial charge in [-0.05, 0) is 11.6 Å². The largest absolute Gasteiger partial charge is 0.502 e. The number of halogens is 3. The Morgan fingerprint density at radius 3 is 2.44 bits per heavy atom. The third kappa shape index (κ3) is 2.40. The number of alkyl halides is 3. The third-order valence-electron chi connectivity index (χ3n) is 1.91. The van der Waals surface area contributed by atoms with E-state index in [-0.39, 0.29) is 0 Å². The van der Waals surface area contributed by atoms with Gasteiger partial charge in [0.05, 0.1) is 4.92 Å². The van der Waals surface area contributed by atoms with Gasteiger partial charge in [-0.3, -0.25) is 10.1 Å². The van der Waals surface area contributed by atoms with Crippen molar-refractivity contribution in [3.63, 3.8) is 0 Å². The lowest BCUT2D eigenvalue weighted by molar-refractivity contribution is -0.386. The van der Waals surface area contributed by atoms with Crippen molar-refractivity contribution >= 4 is 5.69 Å². The fourth-order valence-corrected chi connectivity index (χ4v) is 1.07. The Morgan fingerprint density at radius 2 is 2.00 bits per heavy atom. The lowest BCUT2D eigenvalue weighted by Gasteiger charge is -2.15. The van der Waals surface area contributed by atoms with Gasteiger partial charge in [-0.15, -0.1) is 0 Å². The zero-order chi connectivity index (χ0) is 12.5. The number of nitro benzene ring substituents is 1. The molecule has 16 heavy (non-hydrogen) atoms. The monoisotopic (exact) mass is 236 g/mol. The molecule has 0 fully saturated rings. The summed E-state index contributed by atoms with van der Waals surface area (Å²) in [6.45, 7) is 0. The molecule has 0 amide bonds. The SMILES string of the molecule is N[C@@H](c1ccc(O)c([N+](=O)[O-])c1)C(F)(F)F. The molecule has 0 saturated carbocycles. The van der Waals surface area contributed by atoms with Crippen LogP contribution in [-0.2, 0) is 0 Å². The van der Waals surface area contributed by atoms with Crippen molar-refractivity contribution in [2.24, 2.45) is 5.73 Å². The predicted octanol–water partition coefficient (Wildman–Crippen LogP) is 1.86. The zero-order valence-corrected chi connectivity index (χ0v) is 7.73. The van der Waals surface area contributed by atoms with Crippen molar-refractivity contribution in [3.8, 4) is 5.75 Å². The van der Waals surface area contributed by atoms with E-state index < -0.39 is 34.1 Å². The first-order valence-electron chi connectivity index (χ1n) is 4.03. The molecule has 1 aromatic carbocycles. The Balaban J connectivity index is 3.18. The van der Waals surface area contributed by atoms with Gasteiger partial charge in [0, 0.05) is 6.07 Å². The van der Waals surface area contributed by atoms with Gasteiger partial charge in [0.25, 0.3) is 0 Å². The highest BCUT2D eigenvalue weighted by molar-refractivity contribution is 5.48. The maximum atomic E-state index is 12.2. The first-order valence-corrected chi connectivity index (χ1v) is 4.03. The summed E-state index contributed by atoms with van der Waals surface area (Å²) in [5.41, 5.74) is 3.58. The number of rotatable bonds is 2. The van der Waals surface area contributed by atoms with Crippen LogP contribution in [0.1, 0.15) is 11.6 Å². The number of nitro groups is 1. The van der Waals surface area contributed by atoms with Crippen molar-refractivity contribution in [1.82, 2.24) is 0 Å². The van der Waals surface area contributed by atoms with Crippen molar-refractivity contribution in [2.45, 2.75) is 12.2 Å². The first-order chi connectivity index (χ1) is 7.23. The summed E-state index contributed by atoms with van der Waals surface area (Å²) < 4.78 is 36.6. The molecule has 0 aliphatic carbocycles. The van der Waals surface area contributed by atoms with Crippen LogP contribution in [0.25, 0.3) is 0 Å². The van der Waals surface area contributed by atoms with Crippen LogP contribution in [0.4, 0.5) is 18.9 Å². The highest BCUT2D eigenvalue weighted by Crippen LogP contribution is 2.34. The van der Waals surface area contributed by atoms with E-state index >= 15 is 0 Å². The molecule has 5 nitrogen and oxygen atoms in total. The van der Waals surface area contributed by atoms with Gasteiger partial charge >= 0.3 is 11.9 Å². The minimum Gasteiger partial charge on any atom is -0.502 e. The van der Waals surface area contributed by atoms with Crippen LogP contribution < -0.4 is 5.73 Å². The second-order valence-electron chi connectivity index (χ2n) is 3.02. The van der Waals surface area contributed by atoms with Gasteiger partial charge in [0.15, 0.2) is 5.75 Å². The Kier molecular flexibility index (Phi) is 3.04. The topological polar surface area (TPSA) is 89.4 Å². The summed E-state index contributed by atoms with van der Waals surface area (Å²) >= 11 is 0. The second kappa shape index (κ2) is 3.97. The Morgan fingerprint density at radius 1 is 1.44 bits per heavy atom. The first kappa shape index (κ1) is 12.2. The number of aromatic hydroxyl groups is 1. The summed E-state index contributed by atoms with van der Waals surface area (Å²) in [6, 6.07) is -0.0145. The molecule has 88 valence electrons. The number of nitrogens with zero attached hydrogens (tertiary/aromatic N) is 1. The van der Waals surface area contributed by atoms with Gasteiger partial charge in [0.1, 0.15) is 6.04 Å². The van der Waals surface area contributed by atoms with E-state index in [1.807, 2.05) is 0 Å². The molecule has 1 atom stereocenters. The summed E-state index contributed by atoms with van der Waals surface area (Å²) in [7, 11) is 0. The molecule has 1 rings (SSSR count). The van der Waals surface area contributed by atoms with E-state index in [2.05, 4.69) is 0 Å². The maximum Gasteiger partial charge on any atom is 0.407 e. The van der Waals surface area contributed by atoms with E-state index in [9.17, 15) is 23.3 Å². The Bertz CT molecular complexity index is 419. The average molecular weight is 236 g/mol. The van der Waals surface area contributed by atoms with Gasteiger partial charge in [-0.1, -0.05) is 6.07 Å². The molecule has 8 heteroatoms. The molecule has 0 saturated heterocycles. The lowest BCUT2D eigenvalue weighted by atomic mass is 10.1. The molecule has 0 unspecified atom stereocenters. The summed E-state index contributed by atoms with van der Waals surface area (Å²) in [6.07, 6.45) is -4.69. The van der Waals surface area contributed by atoms with Crippen LogP contribution in [0, 0.1) is 10.1 Å². The minimum absolute atomic E-state index is 0.475. The summed E-state index contributed by atoms with van der Waals surface area (Å²) in [5.74, 6) is -0.705. The van der Waals surface area contributed by atoms with E-state index in [4.69, 9.17) is 10.8 Å². The molecule has 1 aromatic rings. The lowest BCUT2D eigenvalue weighted by Crippen LogP contribution is -2.28. The van der Waals surface area contributed by atoms with Crippen LogP contribution in [0.5, 0.6) is 5.75 Å². The van der Waals surface area contributed by atoms with Gasteiger partial charge in [-0.25, -0.2) is 0 Å². The quantitative estimate of drug-likeness (QED) is 0.605. The van der Waals surface area contributed by atoms with E-state index in [0.717, 1.165) is 12.1 Å². The molecule has 0 aliphatic rings. The van der Waals surface area contributed by atoms with Gasteiger partial charge in [0.2, 0.25) is 0 Å². The summed E-state index contributed by atoms with van der Waals surface area (Å²) in [5, 5.41) is 19.4. The predicted molar refractivity (Wildman–Crippen MR) is 47.7 cm³/mol. The zero-order valence-electron chi connectivity index (χ0n) is 7.73. The molecule has 0 aromatic heterocycles. The van der Waals surface area contributed by atoms with Crippen LogP contribution >= 0.6 is 0 Å². The smallest absolute Gasteiger partial charge is 0.407 e. The van der Waals surface area contributed by atoms with E-state index in [0.29, 0.717) is 6.07 Å². The van der Waals surface area contributed by atoms with E-state index in [1.165, 1.54) is 0 Å². The number of hydrogen-bond donors (Lipinski definition) is 2. The normalized spacial score (nSPS) is 13.5. The Hall–Kier alpha value is -1.83. The second-order valence-corrected chi connectivity index (χ2v) is 3.02. The highest BCUT2D eigenvalue weighted by Gasteiger charge is 2.38. The molecule has 0 radical (unpaired) electrons. The van der Waals surface area contributed by atoms with Crippen molar-refractivity contribution in [2.75, 3.05) is 0 Å². The molecular weight excluding hydrogens is 229 g/mol. The molecule has 0 heterocycles. The summed E-state index contributed by atoms with van der Waals surface area (Å²) in [4.78, 5) is 9.39. The van der Waals surface area contributed by atoms with Crippen LogP contribution in [0.15, 0.2) is 18.2 Å². The molecule has 0 bridgehead atoms. The van der Waals surface area contributed by atoms with Gasteiger partial charge < -0.3 is 10.8 Å². The standard InChI is InChI=1S/C8H7F3N2O3/c9-8(10,11)7(12)4-1-2-6(14)5(3-4)13(15)16/h1-3,7,14H,12H2/t7-/m0/s1. The van der Waals surface area contributed by atoms with Crippen molar-refractivity contribution in [3.05, 3.63) is 33.9 Å². The number of phenolic OH excluding ortho intramolecular Hbond substituents is 1. The fourth-order valence-electron chi connectivity index (χ4n) is 1.07. The van der Waals surface area contributed by atoms with E-state index in [1.54, 1.807) is 0 Å². The van der Waals surface area contributed by atoms with Gasteiger partial charge in [-0.2, -0.15) is 13.2 Å². The van der Waals surface area contributed by atoms with Crippen LogP contribution in [0.3, 0.4) is 0 Å². The third-order valence-corrected chi connectivity index (χ3v) is 1.91. The number of benzene rings is 1. The average Bonchev–Trinajstić information content (AvgIpc) is 2.15. The molecule has 0 aliphatic heterocycles. The number of hydrogen-bond acceptors (Lipinski definition) is 4. The van der Waals surface area contributed by atoms with Crippen molar-refractivity contribution in [1.29, 1.82) is 0 Å². The number of phenols is 1. The minimum atomic E-state index is -4.69. The molecular formula is C8H7F3N2O3. The highest BCUT2D eigenvalue weighted by atomic mass is 19.4. The van der Waals surface area contributed by atoms with Crippen LogP contribution in [0.2, 0.25) is 0 Å². The van der Waals surface area contributed by atoms with Crippen LogP contribution in [-0.4, -0.2) is 16.2 Å². The fraction of sp³-hybridized carbons (Fsp3) is 0.250. The Labute approximate surface area is 87.4 Å². The van der Waals surface area contributed by atoms with Crippen molar-refractivity contribution < 1.29 is 23.2 Å². The molecule has 3 N–H and O–H groups in total. The number of nitrogens with two attached hydrogens (primary N) is 1. The molecule has 0 spiro atoms. The maximum absolute atomic E-state index is 12.2.